The molecule has 0 aliphatic heterocycles. The number of sulfonamides is 1. The summed E-state index contributed by atoms with van der Waals surface area (Å²) in [6, 6.07) is 14.4. The Hall–Kier alpha value is -2.09. The van der Waals surface area contributed by atoms with Crippen LogP contribution in [0.1, 0.15) is 35.5 Å². The van der Waals surface area contributed by atoms with E-state index in [1.165, 1.54) is 21.9 Å². The lowest BCUT2D eigenvalue weighted by Crippen LogP contribution is -2.29. The first kappa shape index (κ1) is 22.6. The van der Waals surface area contributed by atoms with Gasteiger partial charge in [0.2, 0.25) is 10.0 Å². The molecule has 0 atom stereocenters. The second-order valence-electron chi connectivity index (χ2n) is 7.67. The van der Waals surface area contributed by atoms with Gasteiger partial charge in [-0.3, -0.25) is 9.10 Å². The fraction of sp³-hybridized carbons (Fsp3) is 0.318. The molecule has 1 aromatic heterocycles. The van der Waals surface area contributed by atoms with Crippen LogP contribution in [0, 0.1) is 5.92 Å². The molecule has 0 aliphatic rings. The number of rotatable bonds is 8. The van der Waals surface area contributed by atoms with E-state index in [2.05, 4.69) is 19.2 Å². The lowest BCUT2D eigenvalue weighted by atomic mass is 10.1. The quantitative estimate of drug-likeness (QED) is 0.492. The van der Waals surface area contributed by atoms with Crippen molar-refractivity contribution >= 4 is 54.6 Å². The van der Waals surface area contributed by atoms with Gasteiger partial charge in [0, 0.05) is 16.3 Å². The Bertz CT molecular complexity index is 1140. The standard InChI is InChI=1S/C22H25ClN2O3S2/c1-15(2)10-11-24-22(26)21-13-17-12-19(8-9-20(17)29-21)25(30(3,27)28)14-16-4-6-18(23)7-5-16/h4-9,12-13,15H,10-11,14H2,1-3H3,(H,24,26). The second-order valence-corrected chi connectivity index (χ2v) is 11.1. The predicted molar refractivity (Wildman–Crippen MR) is 126 cm³/mol. The minimum absolute atomic E-state index is 0.0977. The minimum Gasteiger partial charge on any atom is -0.351 e. The van der Waals surface area contributed by atoms with Crippen LogP contribution in [0.25, 0.3) is 10.1 Å². The summed E-state index contributed by atoms with van der Waals surface area (Å²) in [6.07, 6.45) is 2.11. The summed E-state index contributed by atoms with van der Waals surface area (Å²) in [5, 5.41) is 4.39. The van der Waals surface area contributed by atoms with Crippen molar-refractivity contribution in [2.24, 2.45) is 5.92 Å². The Morgan fingerprint density at radius 1 is 1.13 bits per heavy atom. The van der Waals surface area contributed by atoms with Gasteiger partial charge in [-0.05, 0) is 59.7 Å². The van der Waals surface area contributed by atoms with Crippen molar-refractivity contribution in [3.8, 4) is 0 Å². The molecule has 1 heterocycles. The van der Waals surface area contributed by atoms with Crippen LogP contribution in [-0.4, -0.2) is 27.1 Å². The van der Waals surface area contributed by atoms with E-state index < -0.39 is 10.0 Å². The lowest BCUT2D eigenvalue weighted by molar-refractivity contribution is 0.0956. The Morgan fingerprint density at radius 2 is 1.83 bits per heavy atom. The number of thiophene rings is 1. The second kappa shape index (κ2) is 9.37. The maximum atomic E-state index is 12.5. The highest BCUT2D eigenvalue weighted by molar-refractivity contribution is 7.92. The highest BCUT2D eigenvalue weighted by atomic mass is 35.5. The van der Waals surface area contributed by atoms with Crippen molar-refractivity contribution in [3.63, 3.8) is 0 Å². The van der Waals surface area contributed by atoms with Gasteiger partial charge in [-0.2, -0.15) is 0 Å². The summed E-state index contributed by atoms with van der Waals surface area (Å²) in [4.78, 5) is 13.0. The largest absolute Gasteiger partial charge is 0.351 e. The van der Waals surface area contributed by atoms with Gasteiger partial charge in [0.25, 0.3) is 5.91 Å². The van der Waals surface area contributed by atoms with E-state index in [-0.39, 0.29) is 12.5 Å². The molecule has 0 saturated carbocycles. The molecule has 160 valence electrons. The molecule has 8 heteroatoms. The number of amides is 1. The summed E-state index contributed by atoms with van der Waals surface area (Å²) < 4.78 is 27.2. The molecule has 0 unspecified atom stereocenters. The fourth-order valence-electron chi connectivity index (χ4n) is 3.01. The zero-order chi connectivity index (χ0) is 21.9. The van der Waals surface area contributed by atoms with E-state index >= 15 is 0 Å². The zero-order valence-electron chi connectivity index (χ0n) is 17.2. The van der Waals surface area contributed by atoms with Gasteiger partial charge in [-0.25, -0.2) is 8.42 Å². The molecule has 1 amide bonds. The third-order valence-corrected chi connectivity index (χ3v) is 7.17. The van der Waals surface area contributed by atoms with Crippen LogP contribution in [-0.2, 0) is 16.6 Å². The summed E-state index contributed by atoms with van der Waals surface area (Å²) >= 11 is 7.34. The van der Waals surface area contributed by atoms with E-state index in [0.717, 1.165) is 22.1 Å². The molecule has 0 aliphatic carbocycles. The normalized spacial score (nSPS) is 11.8. The van der Waals surface area contributed by atoms with Crippen LogP contribution < -0.4 is 9.62 Å². The van der Waals surface area contributed by atoms with E-state index in [0.29, 0.717) is 28.0 Å². The number of carbonyl (C=O) groups excluding carboxylic acids is 1. The first-order valence-electron chi connectivity index (χ1n) is 9.67. The van der Waals surface area contributed by atoms with E-state index in [4.69, 9.17) is 11.6 Å². The Labute approximate surface area is 186 Å². The molecular weight excluding hydrogens is 440 g/mol. The summed E-state index contributed by atoms with van der Waals surface area (Å²) in [5.74, 6) is 0.428. The first-order valence-corrected chi connectivity index (χ1v) is 12.7. The molecule has 1 N–H and O–H groups in total. The Balaban J connectivity index is 1.86. The molecule has 30 heavy (non-hydrogen) atoms. The number of anilines is 1. The number of hydrogen-bond donors (Lipinski definition) is 1. The molecule has 0 saturated heterocycles. The average Bonchev–Trinajstić information content (AvgIpc) is 3.09. The van der Waals surface area contributed by atoms with Crippen molar-refractivity contribution in [2.75, 3.05) is 17.1 Å². The molecule has 0 radical (unpaired) electrons. The number of hydrogen-bond acceptors (Lipinski definition) is 4. The third-order valence-electron chi connectivity index (χ3n) is 4.66. The molecule has 0 bridgehead atoms. The number of fused-ring (bicyclic) bond motifs is 1. The molecule has 3 aromatic rings. The zero-order valence-corrected chi connectivity index (χ0v) is 19.6. The molecular formula is C22H25ClN2O3S2. The summed E-state index contributed by atoms with van der Waals surface area (Å²) in [5.41, 5.74) is 1.39. The van der Waals surface area contributed by atoms with Crippen LogP contribution in [0.2, 0.25) is 5.02 Å². The smallest absolute Gasteiger partial charge is 0.261 e. The van der Waals surface area contributed by atoms with Crippen molar-refractivity contribution in [2.45, 2.75) is 26.8 Å². The SMILES string of the molecule is CC(C)CCNC(=O)c1cc2cc(N(Cc3ccc(Cl)cc3)S(C)(=O)=O)ccc2s1. The van der Waals surface area contributed by atoms with E-state index in [1.54, 1.807) is 18.2 Å². The molecule has 0 spiro atoms. The van der Waals surface area contributed by atoms with Crippen molar-refractivity contribution in [1.29, 1.82) is 0 Å². The highest BCUT2D eigenvalue weighted by Gasteiger charge is 2.19. The van der Waals surface area contributed by atoms with Gasteiger partial charge < -0.3 is 5.32 Å². The Morgan fingerprint density at radius 3 is 2.47 bits per heavy atom. The predicted octanol–water partition coefficient (Wildman–Crippen LogP) is 5.30. The van der Waals surface area contributed by atoms with E-state index in [9.17, 15) is 13.2 Å². The van der Waals surface area contributed by atoms with Gasteiger partial charge in [-0.15, -0.1) is 11.3 Å². The minimum atomic E-state index is -3.50. The maximum Gasteiger partial charge on any atom is 0.261 e. The Kier molecular flexibility index (Phi) is 7.06. The van der Waals surface area contributed by atoms with Gasteiger partial charge >= 0.3 is 0 Å². The lowest BCUT2D eigenvalue weighted by Gasteiger charge is -2.22. The number of halogens is 1. The monoisotopic (exact) mass is 464 g/mol. The summed E-state index contributed by atoms with van der Waals surface area (Å²) in [7, 11) is -3.50. The molecule has 0 fully saturated rings. The fourth-order valence-corrected chi connectivity index (χ4v) is 4.98. The van der Waals surface area contributed by atoms with Crippen LogP contribution >= 0.6 is 22.9 Å². The third kappa shape index (κ3) is 5.74. The van der Waals surface area contributed by atoms with Gasteiger partial charge in [-0.1, -0.05) is 37.6 Å². The molecule has 5 nitrogen and oxygen atoms in total. The van der Waals surface area contributed by atoms with E-state index in [1.807, 2.05) is 30.3 Å². The topological polar surface area (TPSA) is 66.5 Å². The molecule has 2 aromatic carbocycles. The molecule has 3 rings (SSSR count). The van der Waals surface area contributed by atoms with Gasteiger partial charge in [0.15, 0.2) is 0 Å². The van der Waals surface area contributed by atoms with Crippen LogP contribution in [0.3, 0.4) is 0 Å². The van der Waals surface area contributed by atoms with Crippen LogP contribution in [0.5, 0.6) is 0 Å². The van der Waals surface area contributed by atoms with Crippen molar-refractivity contribution in [1.82, 2.24) is 5.32 Å². The van der Waals surface area contributed by atoms with Gasteiger partial charge in [0.05, 0.1) is 23.4 Å². The first-order chi connectivity index (χ1) is 14.1. The van der Waals surface area contributed by atoms with Crippen LogP contribution in [0.15, 0.2) is 48.5 Å². The highest BCUT2D eigenvalue weighted by Crippen LogP contribution is 2.31. The van der Waals surface area contributed by atoms with Crippen molar-refractivity contribution < 1.29 is 13.2 Å². The van der Waals surface area contributed by atoms with Crippen LogP contribution in [0.4, 0.5) is 5.69 Å². The van der Waals surface area contributed by atoms with Crippen molar-refractivity contribution in [3.05, 3.63) is 64.0 Å². The number of nitrogens with zero attached hydrogens (tertiary/aromatic N) is 1. The van der Waals surface area contributed by atoms with Gasteiger partial charge in [0.1, 0.15) is 0 Å². The number of carbonyl (C=O) groups is 1. The average molecular weight is 465 g/mol. The maximum absolute atomic E-state index is 12.5. The number of nitrogens with one attached hydrogen (secondary N) is 1. The summed E-state index contributed by atoms with van der Waals surface area (Å²) in [6.45, 7) is 5.07. The number of benzene rings is 2.